The molecular weight excluding hydrogens is 332 g/mol. The molecule has 1 aromatic carbocycles. The van der Waals surface area contributed by atoms with Crippen LogP contribution >= 0.6 is 15.9 Å². The van der Waals surface area contributed by atoms with Crippen LogP contribution < -0.4 is 5.32 Å². The fraction of sp³-hybridized carbons (Fsp3) is 0.143. The largest absolute Gasteiger partial charge is 0.379 e. The van der Waals surface area contributed by atoms with Gasteiger partial charge in [0.2, 0.25) is 0 Å². The number of aryl methyl sites for hydroxylation is 1. The van der Waals surface area contributed by atoms with Gasteiger partial charge in [0.05, 0.1) is 17.9 Å². The molecule has 0 bridgehead atoms. The van der Waals surface area contributed by atoms with Crippen molar-refractivity contribution >= 4 is 21.6 Å². The number of hydrogen-bond donors (Lipinski definition) is 1. The van der Waals surface area contributed by atoms with E-state index in [4.69, 9.17) is 0 Å². The highest BCUT2D eigenvalue weighted by Crippen LogP contribution is 2.18. The lowest BCUT2D eigenvalue weighted by Crippen LogP contribution is -2.03. The van der Waals surface area contributed by atoms with E-state index in [0.29, 0.717) is 6.54 Å². The number of nitrogens with one attached hydrogen (secondary N) is 1. The number of halogens is 1. The number of anilines is 1. The van der Waals surface area contributed by atoms with Crippen molar-refractivity contribution in [1.29, 1.82) is 0 Å². The first-order valence-electron chi connectivity index (χ1n) is 6.41. The Morgan fingerprint density at radius 3 is 2.81 bits per heavy atom. The van der Waals surface area contributed by atoms with E-state index in [1.165, 1.54) is 0 Å². The summed E-state index contributed by atoms with van der Waals surface area (Å²) in [5.74, 6) is 0. The minimum Gasteiger partial charge on any atom is -0.379 e. The molecule has 2 heterocycles. The standard InChI is InChI=1S/C14H13BrN6/c1-10-6-12(4-5-14(10)21-9-18-19-20-21)17-8-13-3-2-11(15)7-16-13/h2-7,9,17H,8H2,1H3. The van der Waals surface area contributed by atoms with E-state index in [1.807, 2.05) is 31.2 Å². The second kappa shape index (κ2) is 6.01. The summed E-state index contributed by atoms with van der Waals surface area (Å²) >= 11 is 3.38. The molecule has 0 unspecified atom stereocenters. The average molecular weight is 345 g/mol. The Labute approximate surface area is 130 Å². The Kier molecular flexibility index (Phi) is 3.92. The maximum Gasteiger partial charge on any atom is 0.143 e. The molecule has 3 aromatic rings. The van der Waals surface area contributed by atoms with Crippen molar-refractivity contribution in [2.24, 2.45) is 0 Å². The molecule has 3 rings (SSSR count). The van der Waals surface area contributed by atoms with Gasteiger partial charge < -0.3 is 5.32 Å². The highest BCUT2D eigenvalue weighted by Gasteiger charge is 2.04. The number of hydrogen-bond acceptors (Lipinski definition) is 5. The maximum atomic E-state index is 4.33. The van der Waals surface area contributed by atoms with Crippen LogP contribution in [0, 0.1) is 6.92 Å². The zero-order valence-electron chi connectivity index (χ0n) is 11.4. The molecule has 6 nitrogen and oxygen atoms in total. The summed E-state index contributed by atoms with van der Waals surface area (Å²) < 4.78 is 2.63. The second-order valence-corrected chi connectivity index (χ2v) is 5.49. The van der Waals surface area contributed by atoms with Gasteiger partial charge in [0.25, 0.3) is 0 Å². The zero-order chi connectivity index (χ0) is 14.7. The molecule has 0 saturated carbocycles. The van der Waals surface area contributed by atoms with Crippen LogP contribution in [0.5, 0.6) is 0 Å². The fourth-order valence-corrected chi connectivity index (χ4v) is 2.23. The molecule has 0 spiro atoms. The van der Waals surface area contributed by atoms with Crippen molar-refractivity contribution in [2.45, 2.75) is 13.5 Å². The summed E-state index contributed by atoms with van der Waals surface area (Å²) in [5.41, 5.74) is 4.08. The quantitative estimate of drug-likeness (QED) is 0.788. The van der Waals surface area contributed by atoms with Crippen molar-refractivity contribution in [3.8, 4) is 5.69 Å². The van der Waals surface area contributed by atoms with E-state index in [0.717, 1.165) is 27.1 Å². The Hall–Kier alpha value is -2.28. The third-order valence-corrected chi connectivity index (χ3v) is 3.52. The van der Waals surface area contributed by atoms with E-state index in [-0.39, 0.29) is 0 Å². The van der Waals surface area contributed by atoms with Crippen LogP contribution in [0.2, 0.25) is 0 Å². The second-order valence-electron chi connectivity index (χ2n) is 4.58. The number of pyridine rings is 1. The molecule has 0 amide bonds. The van der Waals surface area contributed by atoms with Crippen molar-refractivity contribution in [3.05, 3.63) is 58.6 Å². The molecule has 21 heavy (non-hydrogen) atoms. The van der Waals surface area contributed by atoms with Crippen LogP contribution in [0.3, 0.4) is 0 Å². The highest BCUT2D eigenvalue weighted by atomic mass is 79.9. The molecule has 0 aliphatic rings. The molecule has 2 aromatic heterocycles. The van der Waals surface area contributed by atoms with Gasteiger partial charge in [-0.2, -0.15) is 0 Å². The predicted octanol–water partition coefficient (Wildman–Crippen LogP) is 2.74. The summed E-state index contributed by atoms with van der Waals surface area (Å²) in [6.45, 7) is 2.71. The molecular formula is C14H13BrN6. The molecule has 0 atom stereocenters. The van der Waals surface area contributed by atoms with Gasteiger partial charge in [-0.1, -0.05) is 0 Å². The van der Waals surface area contributed by atoms with Crippen LogP contribution in [0.1, 0.15) is 11.3 Å². The van der Waals surface area contributed by atoms with Gasteiger partial charge in [0.1, 0.15) is 6.33 Å². The molecule has 0 aliphatic heterocycles. The Balaban J connectivity index is 1.72. The summed E-state index contributed by atoms with van der Waals surface area (Å²) in [7, 11) is 0. The van der Waals surface area contributed by atoms with Gasteiger partial charge in [-0.25, -0.2) is 4.68 Å². The monoisotopic (exact) mass is 344 g/mol. The molecule has 0 fully saturated rings. The van der Waals surface area contributed by atoms with Gasteiger partial charge >= 0.3 is 0 Å². The van der Waals surface area contributed by atoms with Gasteiger partial charge in [0, 0.05) is 16.4 Å². The lowest BCUT2D eigenvalue weighted by Gasteiger charge is -2.10. The van der Waals surface area contributed by atoms with Crippen molar-refractivity contribution in [3.63, 3.8) is 0 Å². The Morgan fingerprint density at radius 1 is 1.24 bits per heavy atom. The molecule has 1 N–H and O–H groups in total. The average Bonchev–Trinajstić information content (AvgIpc) is 3.01. The number of aromatic nitrogens is 5. The molecule has 0 radical (unpaired) electrons. The van der Waals surface area contributed by atoms with Gasteiger partial charge in [-0.05, 0) is 69.2 Å². The normalized spacial score (nSPS) is 10.6. The van der Waals surface area contributed by atoms with E-state index >= 15 is 0 Å². The minimum absolute atomic E-state index is 0.678. The SMILES string of the molecule is Cc1cc(NCc2ccc(Br)cn2)ccc1-n1cnnn1. The van der Waals surface area contributed by atoms with E-state index in [9.17, 15) is 0 Å². The van der Waals surface area contributed by atoms with Gasteiger partial charge in [0.15, 0.2) is 0 Å². The topological polar surface area (TPSA) is 68.5 Å². The third-order valence-electron chi connectivity index (χ3n) is 3.05. The summed E-state index contributed by atoms with van der Waals surface area (Å²) in [5, 5.41) is 14.6. The fourth-order valence-electron chi connectivity index (χ4n) is 2.00. The first-order valence-corrected chi connectivity index (χ1v) is 7.20. The highest BCUT2D eigenvalue weighted by molar-refractivity contribution is 9.10. The van der Waals surface area contributed by atoms with E-state index in [2.05, 4.69) is 47.8 Å². The summed E-state index contributed by atoms with van der Waals surface area (Å²) in [6.07, 6.45) is 3.38. The number of tetrazole rings is 1. The molecule has 7 heteroatoms. The maximum absolute atomic E-state index is 4.33. The van der Waals surface area contributed by atoms with Crippen molar-refractivity contribution in [2.75, 3.05) is 5.32 Å². The first kappa shape index (κ1) is 13.7. The van der Waals surface area contributed by atoms with E-state index in [1.54, 1.807) is 17.2 Å². The van der Waals surface area contributed by atoms with Crippen LogP contribution in [0.15, 0.2) is 47.3 Å². The lowest BCUT2D eigenvalue weighted by atomic mass is 10.1. The zero-order valence-corrected chi connectivity index (χ0v) is 12.9. The van der Waals surface area contributed by atoms with E-state index < -0.39 is 0 Å². The third kappa shape index (κ3) is 3.25. The van der Waals surface area contributed by atoms with Crippen molar-refractivity contribution < 1.29 is 0 Å². The number of benzene rings is 1. The molecule has 106 valence electrons. The van der Waals surface area contributed by atoms with Crippen LogP contribution in [-0.2, 0) is 6.54 Å². The smallest absolute Gasteiger partial charge is 0.143 e. The van der Waals surface area contributed by atoms with Crippen LogP contribution in [0.4, 0.5) is 5.69 Å². The summed E-state index contributed by atoms with van der Waals surface area (Å²) in [4.78, 5) is 4.33. The number of rotatable bonds is 4. The van der Waals surface area contributed by atoms with Crippen LogP contribution in [-0.4, -0.2) is 25.2 Å². The molecule has 0 saturated heterocycles. The lowest BCUT2D eigenvalue weighted by molar-refractivity contribution is 0.785. The predicted molar refractivity (Wildman–Crippen MR) is 83.2 cm³/mol. The molecule has 0 aliphatic carbocycles. The van der Waals surface area contributed by atoms with Crippen molar-refractivity contribution in [1.82, 2.24) is 25.2 Å². The Bertz CT molecular complexity index is 724. The van der Waals surface area contributed by atoms with Gasteiger partial charge in [-0.3, -0.25) is 4.98 Å². The minimum atomic E-state index is 0.678. The first-order chi connectivity index (χ1) is 10.2. The number of nitrogens with zero attached hydrogens (tertiary/aromatic N) is 5. The summed E-state index contributed by atoms with van der Waals surface area (Å²) in [6, 6.07) is 10.0. The van der Waals surface area contributed by atoms with Gasteiger partial charge in [-0.15, -0.1) is 5.10 Å². The Morgan fingerprint density at radius 2 is 2.14 bits per heavy atom. The van der Waals surface area contributed by atoms with Crippen LogP contribution in [0.25, 0.3) is 5.69 Å².